The minimum Gasteiger partial charge on any atom is -0.254 e. The second kappa shape index (κ2) is 2.31. The van der Waals surface area contributed by atoms with E-state index in [9.17, 15) is 0 Å². The summed E-state index contributed by atoms with van der Waals surface area (Å²) in [5, 5.41) is 12.2. The summed E-state index contributed by atoms with van der Waals surface area (Å²) in [7, 11) is 0. The summed E-state index contributed by atoms with van der Waals surface area (Å²) in [5.41, 5.74) is 0.567. The Kier molecular flexibility index (Phi) is 1.50. The summed E-state index contributed by atoms with van der Waals surface area (Å²) >= 11 is 0. The number of hydrogen-bond donors (Lipinski definition) is 0. The fourth-order valence-corrected chi connectivity index (χ4v) is 0.619. The highest BCUT2D eigenvalue weighted by atomic mass is 15.3. The Morgan fingerprint density at radius 1 is 2.00 bits per heavy atom. The van der Waals surface area contributed by atoms with Crippen LogP contribution in [0.15, 0.2) is 6.07 Å². The average Bonchev–Trinajstić information content (AvgIpc) is 2.33. The molecule has 0 fully saturated rings. The highest BCUT2D eigenvalue weighted by Crippen LogP contribution is 1.93. The normalized spacial score (nSPS) is 8.89. The first-order valence-electron chi connectivity index (χ1n) is 2.72. The summed E-state index contributed by atoms with van der Waals surface area (Å²) in [4.78, 5) is 0. The van der Waals surface area contributed by atoms with Crippen LogP contribution in [0.4, 0.5) is 0 Å². The summed E-state index contributed by atoms with van der Waals surface area (Å²) in [6.45, 7) is 2.66. The van der Waals surface area contributed by atoms with E-state index in [4.69, 9.17) is 5.26 Å². The maximum Gasteiger partial charge on any atom is 0.139 e. The molecule has 0 aliphatic heterocycles. The molecule has 1 heterocycles. The lowest BCUT2D eigenvalue weighted by Gasteiger charge is -1.92. The Morgan fingerprint density at radius 2 is 2.78 bits per heavy atom. The molecule has 1 rings (SSSR count). The second-order valence-electron chi connectivity index (χ2n) is 1.59. The van der Waals surface area contributed by atoms with Crippen molar-refractivity contribution in [3.8, 4) is 6.07 Å². The molecule has 0 aliphatic carbocycles. The summed E-state index contributed by atoms with van der Waals surface area (Å²) in [6.07, 6.45) is 2.59. The van der Waals surface area contributed by atoms with Gasteiger partial charge < -0.3 is 0 Å². The van der Waals surface area contributed by atoms with Crippen LogP contribution in [0, 0.1) is 17.5 Å². The fraction of sp³-hybridized carbons (Fsp3) is 0.333. The van der Waals surface area contributed by atoms with Gasteiger partial charge in [-0.25, -0.2) is 0 Å². The number of nitriles is 1. The van der Waals surface area contributed by atoms with E-state index in [1.165, 1.54) is 0 Å². The van der Waals surface area contributed by atoms with E-state index in [-0.39, 0.29) is 0 Å². The minimum absolute atomic E-state index is 0.567. The van der Waals surface area contributed by atoms with E-state index < -0.39 is 0 Å². The molecule has 0 N–H and O–H groups in total. The lowest BCUT2D eigenvalue weighted by atomic mass is 10.5. The highest BCUT2D eigenvalue weighted by Gasteiger charge is 1.95. The average molecular weight is 120 g/mol. The zero-order valence-corrected chi connectivity index (χ0v) is 5.13. The lowest BCUT2D eigenvalue weighted by Crippen LogP contribution is -1.98. The number of rotatable bonds is 1. The van der Waals surface area contributed by atoms with Crippen LogP contribution in [-0.2, 0) is 6.54 Å². The molecule has 0 unspecified atom stereocenters. The first kappa shape index (κ1) is 5.83. The summed E-state index contributed by atoms with van der Waals surface area (Å²) in [6, 6.07) is 3.57. The van der Waals surface area contributed by atoms with Crippen molar-refractivity contribution < 1.29 is 0 Å². The Morgan fingerprint density at radius 3 is 3.22 bits per heavy atom. The van der Waals surface area contributed by atoms with Crippen LogP contribution < -0.4 is 0 Å². The predicted molar refractivity (Wildman–Crippen MR) is 31.5 cm³/mol. The maximum absolute atomic E-state index is 8.41. The van der Waals surface area contributed by atoms with Gasteiger partial charge in [-0.2, -0.15) is 10.4 Å². The Hall–Kier alpha value is -1.30. The summed E-state index contributed by atoms with van der Waals surface area (Å²) in [5.74, 6) is 0. The molecule has 0 atom stereocenters. The van der Waals surface area contributed by atoms with Gasteiger partial charge in [-0.3, -0.25) is 4.68 Å². The van der Waals surface area contributed by atoms with E-state index in [1.54, 1.807) is 10.7 Å². The van der Waals surface area contributed by atoms with Crippen molar-refractivity contribution in [1.29, 1.82) is 5.26 Å². The van der Waals surface area contributed by atoms with E-state index >= 15 is 0 Å². The molecule has 1 aromatic heterocycles. The SMILES string of the molecule is CCn1n[c]cc1C#N. The third-order valence-corrected chi connectivity index (χ3v) is 1.07. The van der Waals surface area contributed by atoms with Gasteiger partial charge in [0.05, 0.1) is 0 Å². The van der Waals surface area contributed by atoms with E-state index in [0.717, 1.165) is 6.54 Å². The molecule has 0 aromatic carbocycles. The van der Waals surface area contributed by atoms with Crippen molar-refractivity contribution >= 4 is 0 Å². The van der Waals surface area contributed by atoms with Gasteiger partial charge in [0.2, 0.25) is 0 Å². The molecule has 0 saturated heterocycles. The summed E-state index contributed by atoms with van der Waals surface area (Å²) < 4.78 is 1.60. The molecule has 3 heteroatoms. The third kappa shape index (κ3) is 0.918. The number of nitrogens with zero attached hydrogens (tertiary/aromatic N) is 3. The quantitative estimate of drug-likeness (QED) is 0.543. The Labute approximate surface area is 53.5 Å². The van der Waals surface area contributed by atoms with Crippen molar-refractivity contribution in [3.05, 3.63) is 18.0 Å². The van der Waals surface area contributed by atoms with Crippen molar-refractivity contribution in [1.82, 2.24) is 9.78 Å². The van der Waals surface area contributed by atoms with Crippen molar-refractivity contribution in [2.45, 2.75) is 13.5 Å². The number of aryl methyl sites for hydroxylation is 1. The maximum atomic E-state index is 8.41. The molecule has 1 aromatic rings. The second-order valence-corrected chi connectivity index (χ2v) is 1.59. The number of aromatic nitrogens is 2. The van der Waals surface area contributed by atoms with Gasteiger partial charge in [-0.15, -0.1) is 0 Å². The fourth-order valence-electron chi connectivity index (χ4n) is 0.619. The zero-order valence-electron chi connectivity index (χ0n) is 5.13. The van der Waals surface area contributed by atoms with Crippen LogP contribution in [0.3, 0.4) is 0 Å². The van der Waals surface area contributed by atoms with Crippen LogP contribution >= 0.6 is 0 Å². The van der Waals surface area contributed by atoms with E-state index in [2.05, 4.69) is 11.3 Å². The third-order valence-electron chi connectivity index (χ3n) is 1.07. The zero-order chi connectivity index (χ0) is 6.69. The van der Waals surface area contributed by atoms with Crippen LogP contribution in [0.1, 0.15) is 12.6 Å². The van der Waals surface area contributed by atoms with Gasteiger partial charge >= 0.3 is 0 Å². The molecule has 0 spiro atoms. The first-order chi connectivity index (χ1) is 4.38. The van der Waals surface area contributed by atoms with Gasteiger partial charge in [-0.1, -0.05) is 0 Å². The van der Waals surface area contributed by atoms with Gasteiger partial charge in [0.15, 0.2) is 0 Å². The van der Waals surface area contributed by atoms with Crippen LogP contribution in [-0.4, -0.2) is 9.78 Å². The molecular weight excluding hydrogens is 114 g/mol. The standard InChI is InChI=1S/C6H6N3/c1-2-9-6(5-7)3-4-8-9/h3H,2H2,1H3. The first-order valence-corrected chi connectivity index (χ1v) is 2.72. The highest BCUT2D eigenvalue weighted by molar-refractivity contribution is 5.17. The molecular formula is C6H6N3. The van der Waals surface area contributed by atoms with Crippen molar-refractivity contribution in [2.75, 3.05) is 0 Å². The topological polar surface area (TPSA) is 41.6 Å². The van der Waals surface area contributed by atoms with Crippen LogP contribution in [0.5, 0.6) is 0 Å². The minimum atomic E-state index is 0.567. The smallest absolute Gasteiger partial charge is 0.139 e. The van der Waals surface area contributed by atoms with Crippen molar-refractivity contribution in [2.24, 2.45) is 0 Å². The number of hydrogen-bond acceptors (Lipinski definition) is 2. The Balaban J connectivity index is 3.02. The largest absolute Gasteiger partial charge is 0.254 e. The van der Waals surface area contributed by atoms with E-state index in [1.807, 2.05) is 13.0 Å². The molecule has 3 nitrogen and oxygen atoms in total. The van der Waals surface area contributed by atoms with Gasteiger partial charge in [0, 0.05) is 12.6 Å². The molecule has 45 valence electrons. The molecule has 1 radical (unpaired) electrons. The molecule has 0 amide bonds. The molecule has 0 saturated carbocycles. The van der Waals surface area contributed by atoms with Gasteiger partial charge in [0.25, 0.3) is 0 Å². The monoisotopic (exact) mass is 120 g/mol. The van der Waals surface area contributed by atoms with E-state index in [0.29, 0.717) is 5.69 Å². The predicted octanol–water partition coefficient (Wildman–Crippen LogP) is 0.575. The van der Waals surface area contributed by atoms with Crippen LogP contribution in [0.2, 0.25) is 0 Å². The Bertz CT molecular complexity index is 231. The van der Waals surface area contributed by atoms with Crippen LogP contribution in [0.25, 0.3) is 0 Å². The lowest BCUT2D eigenvalue weighted by molar-refractivity contribution is 0.650. The molecule has 0 bridgehead atoms. The van der Waals surface area contributed by atoms with Gasteiger partial charge in [-0.05, 0) is 6.92 Å². The van der Waals surface area contributed by atoms with Gasteiger partial charge in [0.1, 0.15) is 18.0 Å². The molecule has 0 aliphatic rings. The van der Waals surface area contributed by atoms with Crippen molar-refractivity contribution in [3.63, 3.8) is 0 Å². The molecule has 9 heavy (non-hydrogen) atoms.